The molecule has 0 saturated heterocycles. The predicted octanol–water partition coefficient (Wildman–Crippen LogP) is 3.80. The Balaban J connectivity index is 2.84. The van der Waals surface area contributed by atoms with E-state index in [1.165, 1.54) is 33.3 Å². The molecule has 1 aromatic carbocycles. The first-order chi connectivity index (χ1) is 8.88. The molecule has 1 heterocycles. The Hall–Kier alpha value is -1.28. The van der Waals surface area contributed by atoms with Crippen molar-refractivity contribution in [2.45, 2.75) is 40.5 Å². The van der Waals surface area contributed by atoms with Gasteiger partial charge in [-0.25, -0.2) is 0 Å². The molecular formula is C17H26N2. The third-order valence-corrected chi connectivity index (χ3v) is 4.41. The van der Waals surface area contributed by atoms with Gasteiger partial charge in [0.25, 0.3) is 0 Å². The molecule has 0 fully saturated rings. The molecule has 19 heavy (non-hydrogen) atoms. The normalized spacial score (nSPS) is 13.5. The molecule has 2 N–H and O–H groups in total. The fourth-order valence-electron chi connectivity index (χ4n) is 3.28. The number of hydrogen-bond donors (Lipinski definition) is 1. The quantitative estimate of drug-likeness (QED) is 0.892. The van der Waals surface area contributed by atoms with Gasteiger partial charge in [0.05, 0.1) is 0 Å². The van der Waals surface area contributed by atoms with Crippen LogP contribution in [0.4, 0.5) is 0 Å². The number of rotatable bonds is 3. The van der Waals surface area contributed by atoms with Crippen LogP contribution in [-0.4, -0.2) is 11.1 Å². The SMILES string of the molecule is Cc1cc(C)c2c(C(CN)C(C)C)c(C)n(C)c2c1. The molecule has 2 nitrogen and oxygen atoms in total. The van der Waals surface area contributed by atoms with Gasteiger partial charge < -0.3 is 10.3 Å². The van der Waals surface area contributed by atoms with Gasteiger partial charge in [0.2, 0.25) is 0 Å². The van der Waals surface area contributed by atoms with Crippen LogP contribution in [0.25, 0.3) is 10.9 Å². The summed E-state index contributed by atoms with van der Waals surface area (Å²) in [6.07, 6.45) is 0. The Kier molecular flexibility index (Phi) is 3.73. The molecule has 104 valence electrons. The summed E-state index contributed by atoms with van der Waals surface area (Å²) in [5.41, 5.74) is 12.9. The molecule has 2 aromatic rings. The van der Waals surface area contributed by atoms with E-state index in [0.717, 1.165) is 0 Å². The molecule has 0 saturated carbocycles. The van der Waals surface area contributed by atoms with Crippen molar-refractivity contribution >= 4 is 10.9 Å². The van der Waals surface area contributed by atoms with Crippen molar-refractivity contribution in [3.8, 4) is 0 Å². The van der Waals surface area contributed by atoms with Gasteiger partial charge in [0.15, 0.2) is 0 Å². The van der Waals surface area contributed by atoms with Crippen LogP contribution in [0.3, 0.4) is 0 Å². The molecule has 0 spiro atoms. The van der Waals surface area contributed by atoms with Crippen molar-refractivity contribution in [1.82, 2.24) is 4.57 Å². The first-order valence-corrected chi connectivity index (χ1v) is 7.14. The van der Waals surface area contributed by atoms with E-state index in [1.807, 2.05) is 0 Å². The first kappa shape index (κ1) is 14.1. The van der Waals surface area contributed by atoms with Crippen LogP contribution in [0.5, 0.6) is 0 Å². The smallest absolute Gasteiger partial charge is 0.0488 e. The number of fused-ring (bicyclic) bond motifs is 1. The summed E-state index contributed by atoms with van der Waals surface area (Å²) in [6, 6.07) is 4.56. The van der Waals surface area contributed by atoms with Crippen molar-refractivity contribution in [2.75, 3.05) is 6.54 Å². The first-order valence-electron chi connectivity index (χ1n) is 7.14. The molecular weight excluding hydrogens is 232 g/mol. The minimum atomic E-state index is 0.435. The number of nitrogens with two attached hydrogens (primary N) is 1. The lowest BCUT2D eigenvalue weighted by Gasteiger charge is -2.20. The Labute approximate surface area is 116 Å². The maximum Gasteiger partial charge on any atom is 0.0488 e. The average Bonchev–Trinajstić information content (AvgIpc) is 2.55. The summed E-state index contributed by atoms with van der Waals surface area (Å²) in [7, 11) is 2.16. The van der Waals surface area contributed by atoms with Crippen molar-refractivity contribution < 1.29 is 0 Å². The van der Waals surface area contributed by atoms with E-state index in [9.17, 15) is 0 Å². The molecule has 0 bridgehead atoms. The van der Waals surface area contributed by atoms with Crippen LogP contribution in [0.1, 0.15) is 42.1 Å². The van der Waals surface area contributed by atoms with Crippen LogP contribution in [0, 0.1) is 26.7 Å². The summed E-state index contributed by atoms with van der Waals surface area (Å²) in [6.45, 7) is 11.8. The van der Waals surface area contributed by atoms with Gasteiger partial charge in [0.1, 0.15) is 0 Å². The molecule has 2 heteroatoms. The summed E-state index contributed by atoms with van der Waals surface area (Å²) in [5, 5.41) is 1.41. The zero-order valence-electron chi connectivity index (χ0n) is 13.0. The predicted molar refractivity (Wildman–Crippen MR) is 83.8 cm³/mol. The second kappa shape index (κ2) is 5.01. The summed E-state index contributed by atoms with van der Waals surface area (Å²) in [4.78, 5) is 0. The molecule has 0 aliphatic rings. The van der Waals surface area contributed by atoms with Gasteiger partial charge in [-0.1, -0.05) is 19.9 Å². The van der Waals surface area contributed by atoms with Crippen LogP contribution in [0.2, 0.25) is 0 Å². The lowest BCUT2D eigenvalue weighted by atomic mass is 9.85. The van der Waals surface area contributed by atoms with Gasteiger partial charge in [-0.3, -0.25) is 0 Å². The topological polar surface area (TPSA) is 30.9 Å². The van der Waals surface area contributed by atoms with Crippen LogP contribution >= 0.6 is 0 Å². The molecule has 1 atom stereocenters. The monoisotopic (exact) mass is 258 g/mol. The van der Waals surface area contributed by atoms with Crippen molar-refractivity contribution in [2.24, 2.45) is 18.7 Å². The third-order valence-electron chi connectivity index (χ3n) is 4.41. The third kappa shape index (κ3) is 2.18. The Morgan fingerprint density at radius 3 is 2.32 bits per heavy atom. The number of hydrogen-bond acceptors (Lipinski definition) is 1. The van der Waals surface area contributed by atoms with Gasteiger partial charge in [-0.05, 0) is 56.0 Å². The molecule has 2 rings (SSSR count). The maximum atomic E-state index is 6.05. The Morgan fingerprint density at radius 1 is 1.16 bits per heavy atom. The summed E-state index contributed by atoms with van der Waals surface area (Å²) >= 11 is 0. The van der Waals surface area contributed by atoms with E-state index in [4.69, 9.17) is 5.73 Å². The highest BCUT2D eigenvalue weighted by Crippen LogP contribution is 2.36. The average molecular weight is 258 g/mol. The Bertz CT molecular complexity index is 605. The van der Waals surface area contributed by atoms with Gasteiger partial charge in [-0.15, -0.1) is 0 Å². The van der Waals surface area contributed by atoms with Crippen molar-refractivity contribution in [1.29, 1.82) is 0 Å². The summed E-state index contributed by atoms with van der Waals surface area (Å²) < 4.78 is 2.32. The fraction of sp³-hybridized carbons (Fsp3) is 0.529. The molecule has 0 radical (unpaired) electrons. The van der Waals surface area contributed by atoms with E-state index >= 15 is 0 Å². The standard InChI is InChI=1S/C17H26N2/c1-10(2)14(9-18)17-13(5)19(6)15-8-11(3)7-12(4)16(15)17/h7-8,10,14H,9,18H2,1-6H3. The number of aryl methyl sites for hydroxylation is 3. The minimum absolute atomic E-state index is 0.435. The zero-order valence-corrected chi connectivity index (χ0v) is 13.0. The number of aromatic nitrogens is 1. The Morgan fingerprint density at radius 2 is 1.79 bits per heavy atom. The largest absolute Gasteiger partial charge is 0.348 e. The van der Waals surface area contributed by atoms with Crippen LogP contribution < -0.4 is 5.73 Å². The van der Waals surface area contributed by atoms with Crippen LogP contribution in [-0.2, 0) is 7.05 Å². The lowest BCUT2D eigenvalue weighted by Crippen LogP contribution is -2.18. The highest BCUT2D eigenvalue weighted by Gasteiger charge is 2.23. The highest BCUT2D eigenvalue weighted by molar-refractivity contribution is 5.89. The van der Waals surface area contributed by atoms with E-state index in [0.29, 0.717) is 18.4 Å². The second-order valence-electron chi connectivity index (χ2n) is 6.12. The van der Waals surface area contributed by atoms with E-state index < -0.39 is 0 Å². The molecule has 0 aliphatic carbocycles. The molecule has 1 unspecified atom stereocenters. The summed E-state index contributed by atoms with van der Waals surface area (Å²) in [5.74, 6) is 1.00. The van der Waals surface area contributed by atoms with E-state index in [1.54, 1.807) is 0 Å². The maximum absolute atomic E-state index is 6.05. The number of nitrogens with zero attached hydrogens (tertiary/aromatic N) is 1. The van der Waals surface area contributed by atoms with Gasteiger partial charge >= 0.3 is 0 Å². The second-order valence-corrected chi connectivity index (χ2v) is 6.12. The lowest BCUT2D eigenvalue weighted by molar-refractivity contribution is 0.505. The van der Waals surface area contributed by atoms with Crippen molar-refractivity contribution in [3.05, 3.63) is 34.5 Å². The van der Waals surface area contributed by atoms with E-state index in [2.05, 4.69) is 58.4 Å². The van der Waals surface area contributed by atoms with Gasteiger partial charge in [-0.2, -0.15) is 0 Å². The molecule has 1 aromatic heterocycles. The fourth-order valence-corrected chi connectivity index (χ4v) is 3.28. The minimum Gasteiger partial charge on any atom is -0.348 e. The number of benzene rings is 1. The highest BCUT2D eigenvalue weighted by atomic mass is 14.9. The molecule has 0 amide bonds. The van der Waals surface area contributed by atoms with Crippen molar-refractivity contribution in [3.63, 3.8) is 0 Å². The van der Waals surface area contributed by atoms with Gasteiger partial charge in [0, 0.05) is 29.6 Å². The molecule has 0 aliphatic heterocycles. The van der Waals surface area contributed by atoms with E-state index in [-0.39, 0.29) is 0 Å². The zero-order chi connectivity index (χ0) is 14.3. The van der Waals surface area contributed by atoms with Crippen LogP contribution in [0.15, 0.2) is 12.1 Å².